The monoisotopic (exact) mass is 658 g/mol. The summed E-state index contributed by atoms with van der Waals surface area (Å²) in [5.41, 5.74) is 16.6. The number of hydrogen-bond donors (Lipinski definition) is 3. The smallest absolute Gasteiger partial charge is 0.251 e. The van der Waals surface area contributed by atoms with Crippen molar-refractivity contribution in [2.75, 3.05) is 49.6 Å². The van der Waals surface area contributed by atoms with E-state index in [2.05, 4.69) is 49.6 Å². The van der Waals surface area contributed by atoms with E-state index < -0.39 is 11.9 Å². The summed E-state index contributed by atoms with van der Waals surface area (Å²) in [5, 5.41) is 13.9. The minimum atomic E-state index is -0.921. The molecule has 12 nitrogen and oxygen atoms in total. The number of nitrogens with zero attached hydrogens (tertiary/aromatic N) is 7. The van der Waals surface area contributed by atoms with Gasteiger partial charge in [-0.25, -0.2) is 15.0 Å². The van der Waals surface area contributed by atoms with Crippen LogP contribution in [0.25, 0.3) is 22.5 Å². The van der Waals surface area contributed by atoms with E-state index in [1.807, 2.05) is 30.5 Å². The van der Waals surface area contributed by atoms with Crippen molar-refractivity contribution in [1.29, 1.82) is 0 Å². The molecular weight excluding hydrogens is 616 g/mol. The topological polar surface area (TPSA) is 163 Å². The van der Waals surface area contributed by atoms with Gasteiger partial charge in [-0.3, -0.25) is 9.59 Å². The van der Waals surface area contributed by atoms with E-state index >= 15 is 0 Å². The van der Waals surface area contributed by atoms with Gasteiger partial charge in [0.1, 0.15) is 5.82 Å². The second-order valence-corrected chi connectivity index (χ2v) is 12.5. The normalized spacial score (nSPS) is 19.1. The first-order valence-electron chi connectivity index (χ1n) is 16.1. The van der Waals surface area contributed by atoms with Crippen molar-refractivity contribution in [3.05, 3.63) is 72.4 Å². The molecule has 4 aromatic rings. The molecule has 6 rings (SSSR count). The third-order valence-electron chi connectivity index (χ3n) is 9.32. The van der Waals surface area contributed by atoms with E-state index in [-0.39, 0.29) is 30.7 Å². The van der Waals surface area contributed by atoms with Crippen LogP contribution in [0.15, 0.2) is 66.9 Å². The summed E-state index contributed by atoms with van der Waals surface area (Å²) in [6.07, 6.45) is 5.32. The number of nitrogens with two attached hydrogens (primary N) is 2. The Balaban J connectivity index is 0.00000433. The zero-order valence-electron chi connectivity index (χ0n) is 26.7. The number of aromatic amines is 1. The molecule has 0 radical (unpaired) electrons. The summed E-state index contributed by atoms with van der Waals surface area (Å²) >= 11 is 0. The van der Waals surface area contributed by atoms with Gasteiger partial charge in [-0.15, -0.1) is 17.5 Å². The van der Waals surface area contributed by atoms with Crippen LogP contribution in [-0.2, 0) is 16.0 Å². The minimum absolute atomic E-state index is 0. The van der Waals surface area contributed by atoms with Crippen LogP contribution in [0.3, 0.4) is 0 Å². The Labute approximate surface area is 281 Å². The van der Waals surface area contributed by atoms with Gasteiger partial charge in [-0.05, 0) is 110 Å². The first-order chi connectivity index (χ1) is 22.4. The zero-order valence-corrected chi connectivity index (χ0v) is 27.5. The van der Waals surface area contributed by atoms with Crippen molar-refractivity contribution >= 4 is 35.7 Å². The second kappa shape index (κ2) is 15.6. The molecule has 0 spiro atoms. The number of imide groups is 1. The van der Waals surface area contributed by atoms with Crippen molar-refractivity contribution in [3.8, 4) is 22.5 Å². The number of halogens is 1. The summed E-state index contributed by atoms with van der Waals surface area (Å²) in [6, 6.07) is 18.3. The molecule has 2 amide bonds. The van der Waals surface area contributed by atoms with Crippen LogP contribution in [0, 0.1) is 11.8 Å². The highest BCUT2D eigenvalue weighted by Crippen LogP contribution is 2.32. The third kappa shape index (κ3) is 8.02. The van der Waals surface area contributed by atoms with Gasteiger partial charge >= 0.3 is 0 Å². The molecule has 2 aromatic carbocycles. The van der Waals surface area contributed by atoms with Crippen molar-refractivity contribution < 1.29 is 9.59 Å². The Hall–Kier alpha value is -4.23. The number of tetrazole rings is 1. The maximum absolute atomic E-state index is 14.0. The Bertz CT molecular complexity index is 1600. The molecule has 47 heavy (non-hydrogen) atoms. The first kappa shape index (κ1) is 34.1. The van der Waals surface area contributed by atoms with Crippen LogP contribution in [0.4, 0.5) is 11.5 Å². The summed E-state index contributed by atoms with van der Waals surface area (Å²) in [4.78, 5) is 38.7. The van der Waals surface area contributed by atoms with E-state index in [0.717, 1.165) is 67.1 Å². The summed E-state index contributed by atoms with van der Waals surface area (Å²) in [6.45, 7) is 4.58. The average Bonchev–Trinajstić information content (AvgIpc) is 3.65. The fourth-order valence-corrected chi connectivity index (χ4v) is 6.40. The summed E-state index contributed by atoms with van der Waals surface area (Å²) < 4.78 is 0. The van der Waals surface area contributed by atoms with Gasteiger partial charge in [0.05, 0.1) is 11.7 Å². The Kier molecular flexibility index (Phi) is 11.3. The molecule has 1 aliphatic heterocycles. The molecular formula is C34H43ClN10O2. The third-order valence-corrected chi connectivity index (χ3v) is 9.32. The van der Waals surface area contributed by atoms with Gasteiger partial charge in [-0.1, -0.05) is 24.3 Å². The molecule has 0 bridgehead atoms. The average molecular weight is 659 g/mol. The maximum Gasteiger partial charge on any atom is 0.251 e. The number of hydrogen-bond acceptors (Lipinski definition) is 10. The van der Waals surface area contributed by atoms with Crippen LogP contribution < -0.4 is 21.3 Å². The van der Waals surface area contributed by atoms with Crippen molar-refractivity contribution in [1.82, 2.24) is 30.5 Å². The number of anilines is 2. The SMILES string of the molecule is CN1CCN(c2ccc(-c3cccc(C[C@H](N)C(=O)N(c4ccc(-c5nnn[nH]5)cc4)C(=O)[C@H]4CC[C@H](CN)CC4)c3)cn2)CC1.Cl. The van der Waals surface area contributed by atoms with Gasteiger partial charge in [-0.2, -0.15) is 0 Å². The first-order valence-corrected chi connectivity index (χ1v) is 16.1. The zero-order chi connectivity index (χ0) is 32.0. The predicted octanol–water partition coefficient (Wildman–Crippen LogP) is 3.30. The number of carbonyl (C=O) groups excluding carboxylic acids is 2. The van der Waals surface area contributed by atoms with Gasteiger partial charge in [0.15, 0.2) is 5.82 Å². The van der Waals surface area contributed by atoms with Crippen LogP contribution in [0.1, 0.15) is 31.2 Å². The standard InChI is InChI=1S/C34H42N10O2.ClH/c1-42-15-17-43(18-16-42)31-14-11-28(22-37-31)27-4-2-3-24(19-27)20-30(36)34(46)44(33(45)26-7-5-23(21-35)6-8-26)29-12-9-25(10-13-29)32-38-40-41-39-32;/h2-4,9-14,19,22-23,26,30H,5-8,15-18,20-21,35-36H2,1H3,(H,38,39,40,41);1H/t23-,26-,30-;/m0./s1. The lowest BCUT2D eigenvalue weighted by Gasteiger charge is -2.33. The molecule has 2 aliphatic rings. The lowest BCUT2D eigenvalue weighted by Crippen LogP contribution is -2.50. The van der Waals surface area contributed by atoms with E-state index in [4.69, 9.17) is 16.5 Å². The van der Waals surface area contributed by atoms with Crippen LogP contribution in [0.2, 0.25) is 0 Å². The van der Waals surface area contributed by atoms with Crippen molar-refractivity contribution in [3.63, 3.8) is 0 Å². The van der Waals surface area contributed by atoms with Crippen molar-refractivity contribution in [2.24, 2.45) is 23.3 Å². The fourth-order valence-electron chi connectivity index (χ4n) is 6.40. The molecule has 1 saturated heterocycles. The van der Waals surface area contributed by atoms with E-state index in [9.17, 15) is 9.59 Å². The molecule has 1 saturated carbocycles. The number of aromatic nitrogens is 5. The number of piperazine rings is 1. The predicted molar refractivity (Wildman–Crippen MR) is 185 cm³/mol. The molecule has 1 atom stereocenters. The molecule has 0 unspecified atom stereocenters. The fraction of sp³-hybridized carbons (Fsp3) is 0.412. The molecule has 1 aliphatic carbocycles. The minimum Gasteiger partial charge on any atom is -0.354 e. The summed E-state index contributed by atoms with van der Waals surface area (Å²) in [5.74, 6) is 0.982. The number of carbonyl (C=O) groups is 2. The Morgan fingerprint density at radius 2 is 1.68 bits per heavy atom. The van der Waals surface area contributed by atoms with Crippen molar-refractivity contribution in [2.45, 2.75) is 38.1 Å². The highest BCUT2D eigenvalue weighted by Gasteiger charge is 2.35. The molecule has 13 heteroatoms. The van der Waals surface area contributed by atoms with E-state index in [0.29, 0.717) is 36.8 Å². The van der Waals surface area contributed by atoms with Gasteiger partial charge in [0.25, 0.3) is 5.91 Å². The largest absolute Gasteiger partial charge is 0.354 e. The van der Waals surface area contributed by atoms with Gasteiger partial charge in [0, 0.05) is 49.4 Å². The molecule has 3 heterocycles. The van der Waals surface area contributed by atoms with Gasteiger partial charge < -0.3 is 21.3 Å². The number of nitrogens with one attached hydrogen (secondary N) is 1. The number of rotatable bonds is 9. The lowest BCUT2D eigenvalue weighted by atomic mass is 9.81. The number of likely N-dealkylation sites (N-methyl/N-ethyl adjacent to an activating group) is 1. The summed E-state index contributed by atoms with van der Waals surface area (Å²) in [7, 11) is 2.14. The second-order valence-electron chi connectivity index (χ2n) is 12.5. The van der Waals surface area contributed by atoms with E-state index in [1.165, 1.54) is 4.90 Å². The van der Waals surface area contributed by atoms with Gasteiger partial charge in [0.2, 0.25) is 5.91 Å². The molecule has 5 N–H and O–H groups in total. The van der Waals surface area contributed by atoms with Crippen LogP contribution in [-0.4, -0.2) is 88.1 Å². The Morgan fingerprint density at radius 3 is 2.32 bits per heavy atom. The van der Waals surface area contributed by atoms with Crippen LogP contribution >= 0.6 is 12.4 Å². The van der Waals surface area contributed by atoms with Crippen LogP contribution in [0.5, 0.6) is 0 Å². The number of pyridine rings is 1. The highest BCUT2D eigenvalue weighted by molar-refractivity contribution is 6.17. The molecule has 248 valence electrons. The Morgan fingerprint density at radius 1 is 0.957 bits per heavy atom. The maximum atomic E-state index is 14.0. The van der Waals surface area contributed by atoms with E-state index in [1.54, 1.807) is 24.3 Å². The quantitative estimate of drug-likeness (QED) is 0.243. The lowest BCUT2D eigenvalue weighted by molar-refractivity contribution is -0.130. The number of amides is 2. The number of benzene rings is 2. The highest BCUT2D eigenvalue weighted by atomic mass is 35.5. The molecule has 2 fully saturated rings. The number of H-pyrrole nitrogens is 1. The molecule has 2 aromatic heterocycles.